The van der Waals surface area contributed by atoms with Crippen LogP contribution in [0.15, 0.2) is 29.3 Å². The van der Waals surface area contributed by atoms with E-state index in [2.05, 4.69) is 51.4 Å². The molecule has 1 saturated heterocycles. The van der Waals surface area contributed by atoms with Crippen LogP contribution in [0.2, 0.25) is 0 Å². The van der Waals surface area contributed by atoms with Gasteiger partial charge in [0, 0.05) is 52.9 Å². The lowest BCUT2D eigenvalue weighted by Crippen LogP contribution is -2.48. The Bertz CT molecular complexity index is 544. The number of ether oxygens (including phenoxy) is 1. The van der Waals surface area contributed by atoms with Gasteiger partial charge in [-0.25, -0.2) is 0 Å². The molecule has 7 heteroatoms. The molecule has 1 unspecified atom stereocenters. The van der Waals surface area contributed by atoms with Crippen LogP contribution in [0.3, 0.4) is 0 Å². The largest absolute Gasteiger partial charge is 0.497 e. The van der Waals surface area contributed by atoms with Gasteiger partial charge in [-0.1, -0.05) is 26.0 Å². The van der Waals surface area contributed by atoms with E-state index in [1.165, 1.54) is 38.3 Å². The van der Waals surface area contributed by atoms with Crippen LogP contribution in [0.4, 0.5) is 0 Å². The zero-order chi connectivity index (χ0) is 18.8. The molecule has 0 aliphatic carbocycles. The molecule has 1 atom stereocenters. The van der Waals surface area contributed by atoms with Crippen LogP contribution in [-0.2, 0) is 6.54 Å². The maximum atomic E-state index is 5.19. The molecule has 0 spiro atoms. The van der Waals surface area contributed by atoms with Crippen LogP contribution in [0.1, 0.15) is 19.4 Å². The zero-order valence-electron chi connectivity index (χ0n) is 17.2. The molecule has 0 aromatic heterocycles. The van der Waals surface area contributed by atoms with Crippen molar-refractivity contribution in [3.8, 4) is 5.75 Å². The van der Waals surface area contributed by atoms with Crippen molar-refractivity contribution < 1.29 is 4.74 Å². The predicted molar refractivity (Wildman–Crippen MR) is 124 cm³/mol. The third-order valence-electron chi connectivity index (χ3n) is 4.94. The first-order valence-corrected chi connectivity index (χ1v) is 9.66. The van der Waals surface area contributed by atoms with Gasteiger partial charge in [-0.15, -0.1) is 24.0 Å². The number of rotatable bonds is 8. The fraction of sp³-hybridized carbons (Fsp3) is 0.650. The lowest BCUT2D eigenvalue weighted by Gasteiger charge is -2.35. The standard InChI is InChI=1S/C20H35N5O.HI/c1-5-24-10-12-25(13-11-24)16-17(2)14-22-20(21-3)23-15-18-6-8-19(26-4)9-7-18;/h6-9,17H,5,10-16H2,1-4H3,(H2,21,22,23);1H. The molecule has 1 aromatic carbocycles. The Morgan fingerprint density at radius 2 is 1.74 bits per heavy atom. The van der Waals surface area contributed by atoms with E-state index in [-0.39, 0.29) is 24.0 Å². The summed E-state index contributed by atoms with van der Waals surface area (Å²) in [7, 11) is 3.50. The molecule has 2 rings (SSSR count). The SMILES string of the molecule is CCN1CCN(CC(C)CNC(=NC)NCc2ccc(OC)cc2)CC1.I. The van der Waals surface area contributed by atoms with E-state index < -0.39 is 0 Å². The number of piperazine rings is 1. The smallest absolute Gasteiger partial charge is 0.191 e. The summed E-state index contributed by atoms with van der Waals surface area (Å²) >= 11 is 0. The van der Waals surface area contributed by atoms with E-state index in [4.69, 9.17) is 4.74 Å². The lowest BCUT2D eigenvalue weighted by molar-refractivity contribution is 0.124. The number of nitrogens with one attached hydrogen (secondary N) is 2. The highest BCUT2D eigenvalue weighted by molar-refractivity contribution is 14.0. The Balaban J connectivity index is 0.00000364. The lowest BCUT2D eigenvalue weighted by atomic mass is 10.1. The van der Waals surface area contributed by atoms with Gasteiger partial charge in [-0.2, -0.15) is 0 Å². The van der Waals surface area contributed by atoms with Gasteiger partial charge in [0.15, 0.2) is 5.96 Å². The normalized spacial score (nSPS) is 17.1. The maximum Gasteiger partial charge on any atom is 0.191 e. The second kappa shape index (κ2) is 13.2. The van der Waals surface area contributed by atoms with E-state index >= 15 is 0 Å². The molecule has 0 bridgehead atoms. The van der Waals surface area contributed by atoms with Crippen LogP contribution in [-0.4, -0.2) is 75.7 Å². The van der Waals surface area contributed by atoms with Gasteiger partial charge in [0.2, 0.25) is 0 Å². The van der Waals surface area contributed by atoms with Gasteiger partial charge in [0.05, 0.1) is 7.11 Å². The van der Waals surface area contributed by atoms with E-state index in [1.54, 1.807) is 7.11 Å². The Hall–Kier alpha value is -1.06. The summed E-state index contributed by atoms with van der Waals surface area (Å²) in [4.78, 5) is 9.42. The zero-order valence-corrected chi connectivity index (χ0v) is 19.5. The Morgan fingerprint density at radius 1 is 1.11 bits per heavy atom. The molecular formula is C20H36IN5O. The Kier molecular flexibility index (Phi) is 11.7. The molecule has 1 fully saturated rings. The van der Waals surface area contributed by atoms with Gasteiger partial charge >= 0.3 is 0 Å². The number of aliphatic imine (C=N–C) groups is 1. The van der Waals surface area contributed by atoms with Gasteiger partial charge in [-0.3, -0.25) is 4.99 Å². The molecule has 154 valence electrons. The molecule has 0 saturated carbocycles. The summed E-state index contributed by atoms with van der Waals surface area (Å²) in [5.74, 6) is 2.32. The number of nitrogens with zero attached hydrogens (tertiary/aromatic N) is 3. The first kappa shape index (κ1) is 24.0. The van der Waals surface area contributed by atoms with Gasteiger partial charge in [-0.05, 0) is 30.2 Å². The average Bonchev–Trinajstić information content (AvgIpc) is 2.69. The van der Waals surface area contributed by atoms with Gasteiger partial charge in [0.1, 0.15) is 5.75 Å². The number of benzene rings is 1. The molecule has 1 aliphatic rings. The molecule has 1 aromatic rings. The van der Waals surface area contributed by atoms with Crippen molar-refractivity contribution >= 4 is 29.9 Å². The number of methoxy groups -OCH3 is 1. The monoisotopic (exact) mass is 489 g/mol. The van der Waals surface area contributed by atoms with E-state index in [0.717, 1.165) is 31.3 Å². The number of guanidine groups is 1. The van der Waals surface area contributed by atoms with Crippen molar-refractivity contribution in [1.82, 2.24) is 20.4 Å². The number of halogens is 1. The van der Waals surface area contributed by atoms with Crippen molar-refractivity contribution in [3.63, 3.8) is 0 Å². The number of hydrogen-bond acceptors (Lipinski definition) is 4. The number of hydrogen-bond donors (Lipinski definition) is 2. The maximum absolute atomic E-state index is 5.19. The summed E-state index contributed by atoms with van der Waals surface area (Å²) in [6.45, 7) is 13.3. The van der Waals surface area contributed by atoms with E-state index in [0.29, 0.717) is 5.92 Å². The summed E-state index contributed by atoms with van der Waals surface area (Å²) < 4.78 is 5.19. The summed E-state index contributed by atoms with van der Waals surface area (Å²) in [5, 5.41) is 6.82. The van der Waals surface area contributed by atoms with Crippen molar-refractivity contribution in [2.24, 2.45) is 10.9 Å². The van der Waals surface area contributed by atoms with Gasteiger partial charge in [0.25, 0.3) is 0 Å². The average molecular weight is 489 g/mol. The molecule has 2 N–H and O–H groups in total. The van der Waals surface area contributed by atoms with Crippen molar-refractivity contribution in [2.45, 2.75) is 20.4 Å². The van der Waals surface area contributed by atoms with Crippen LogP contribution < -0.4 is 15.4 Å². The second-order valence-corrected chi connectivity index (χ2v) is 6.99. The summed E-state index contributed by atoms with van der Waals surface area (Å²) in [6, 6.07) is 8.09. The molecule has 1 heterocycles. The third-order valence-corrected chi connectivity index (χ3v) is 4.94. The Labute approximate surface area is 181 Å². The first-order chi connectivity index (χ1) is 12.6. The minimum absolute atomic E-state index is 0. The predicted octanol–water partition coefficient (Wildman–Crippen LogP) is 2.25. The van der Waals surface area contributed by atoms with Crippen molar-refractivity contribution in [3.05, 3.63) is 29.8 Å². The highest BCUT2D eigenvalue weighted by Gasteiger charge is 2.17. The fourth-order valence-electron chi connectivity index (χ4n) is 3.21. The highest BCUT2D eigenvalue weighted by atomic mass is 127. The minimum Gasteiger partial charge on any atom is -0.497 e. The molecule has 27 heavy (non-hydrogen) atoms. The Morgan fingerprint density at radius 3 is 2.30 bits per heavy atom. The third kappa shape index (κ3) is 8.66. The molecule has 0 radical (unpaired) electrons. The summed E-state index contributed by atoms with van der Waals surface area (Å²) in [6.07, 6.45) is 0. The molecular weight excluding hydrogens is 453 g/mol. The second-order valence-electron chi connectivity index (χ2n) is 6.99. The van der Waals surface area contributed by atoms with E-state index in [9.17, 15) is 0 Å². The number of likely N-dealkylation sites (N-methyl/N-ethyl adjacent to an activating group) is 1. The van der Waals surface area contributed by atoms with Crippen molar-refractivity contribution in [2.75, 3.05) is 60.0 Å². The van der Waals surface area contributed by atoms with Crippen LogP contribution in [0.25, 0.3) is 0 Å². The fourth-order valence-corrected chi connectivity index (χ4v) is 3.21. The first-order valence-electron chi connectivity index (χ1n) is 9.66. The topological polar surface area (TPSA) is 52.1 Å². The summed E-state index contributed by atoms with van der Waals surface area (Å²) in [5.41, 5.74) is 1.20. The molecule has 6 nitrogen and oxygen atoms in total. The van der Waals surface area contributed by atoms with Crippen LogP contribution >= 0.6 is 24.0 Å². The molecule has 1 aliphatic heterocycles. The minimum atomic E-state index is 0. The van der Waals surface area contributed by atoms with Crippen LogP contribution in [0.5, 0.6) is 5.75 Å². The quantitative estimate of drug-likeness (QED) is 0.334. The van der Waals surface area contributed by atoms with Crippen LogP contribution in [0, 0.1) is 5.92 Å². The van der Waals surface area contributed by atoms with Gasteiger partial charge < -0.3 is 25.2 Å². The molecule has 0 amide bonds. The highest BCUT2D eigenvalue weighted by Crippen LogP contribution is 2.11. The van der Waals surface area contributed by atoms with Crippen molar-refractivity contribution in [1.29, 1.82) is 0 Å². The van der Waals surface area contributed by atoms with E-state index in [1.807, 2.05) is 19.2 Å².